The van der Waals surface area contributed by atoms with Gasteiger partial charge in [0.2, 0.25) is 0 Å². The summed E-state index contributed by atoms with van der Waals surface area (Å²) >= 11 is 0. The van der Waals surface area contributed by atoms with E-state index in [2.05, 4.69) is 83.0 Å². The van der Waals surface area contributed by atoms with Gasteiger partial charge in [-0.05, 0) is 30.7 Å². The summed E-state index contributed by atoms with van der Waals surface area (Å²) < 4.78 is 2.05. The lowest BCUT2D eigenvalue weighted by molar-refractivity contribution is -0.418. The van der Waals surface area contributed by atoms with E-state index in [-0.39, 0.29) is 0 Å². The van der Waals surface area contributed by atoms with Crippen LogP contribution in [0.4, 0.5) is 0 Å². The van der Waals surface area contributed by atoms with E-state index in [0.717, 1.165) is 0 Å². The van der Waals surface area contributed by atoms with Gasteiger partial charge in [0.15, 0.2) is 0 Å². The summed E-state index contributed by atoms with van der Waals surface area (Å²) in [5.41, 5.74) is 6.68. The predicted molar refractivity (Wildman–Crippen MR) is 95.6 cm³/mol. The van der Waals surface area contributed by atoms with E-state index >= 15 is 0 Å². The van der Waals surface area contributed by atoms with Crippen LogP contribution in [0.15, 0.2) is 35.2 Å². The van der Waals surface area contributed by atoms with Gasteiger partial charge in [-0.1, -0.05) is 67.9 Å². The number of allylic oxidation sites excluding steroid dienone is 2. The van der Waals surface area contributed by atoms with Gasteiger partial charge >= 0.3 is 0 Å². The fraction of sp³-hybridized carbons (Fsp3) is 0.368. The van der Waals surface area contributed by atoms with Crippen molar-refractivity contribution in [3.05, 3.63) is 63.5 Å². The number of nitrogens with zero attached hydrogens (tertiary/aromatic N) is 1. The van der Waals surface area contributed by atoms with Crippen molar-refractivity contribution in [1.82, 2.24) is 0 Å². The van der Waals surface area contributed by atoms with E-state index in [1.807, 2.05) is 0 Å². The monoisotopic (exact) mass is 297 g/mol. The molecular weight excluding hydrogens is 270 g/mol. The molecule has 0 amide bonds. The van der Waals surface area contributed by atoms with Crippen molar-refractivity contribution in [2.24, 2.45) is 0 Å². The third-order valence-electron chi connectivity index (χ3n) is 4.30. The van der Waals surface area contributed by atoms with Crippen molar-refractivity contribution >= 4 is 14.8 Å². The van der Waals surface area contributed by atoms with Gasteiger partial charge in [-0.15, -0.1) is 0 Å². The van der Waals surface area contributed by atoms with Crippen molar-refractivity contribution in [3.63, 3.8) is 0 Å². The Bertz CT molecular complexity index is 657. The smallest absolute Gasteiger partial charge is 0.147 e. The lowest BCUT2D eigenvalue weighted by Gasteiger charge is -2.30. The minimum Gasteiger partial charge on any atom is -0.255 e. The number of rotatable bonds is 2. The zero-order chi connectivity index (χ0) is 15.9. The molecule has 0 saturated heterocycles. The van der Waals surface area contributed by atoms with Crippen LogP contribution in [-0.4, -0.2) is 19.4 Å². The Balaban J connectivity index is 2.48. The zero-order valence-corrected chi connectivity index (χ0v) is 15.5. The first kappa shape index (κ1) is 15.8. The molecular formula is C19H27NSi. The summed E-state index contributed by atoms with van der Waals surface area (Å²) in [6.45, 7) is 20.2. The normalized spacial score (nSPS) is 16.0. The molecule has 1 aliphatic heterocycles. The molecule has 21 heavy (non-hydrogen) atoms. The van der Waals surface area contributed by atoms with Gasteiger partial charge in [0.1, 0.15) is 12.2 Å². The molecule has 0 aromatic heterocycles. The molecule has 0 bridgehead atoms. The molecule has 0 radical (unpaired) electrons. The van der Waals surface area contributed by atoms with Crippen LogP contribution in [0.5, 0.6) is 0 Å². The number of benzene rings is 1. The van der Waals surface area contributed by atoms with E-state index in [4.69, 9.17) is 0 Å². The van der Waals surface area contributed by atoms with Crippen LogP contribution in [0.1, 0.15) is 29.2 Å². The van der Waals surface area contributed by atoms with Crippen molar-refractivity contribution in [1.29, 1.82) is 0 Å². The van der Waals surface area contributed by atoms with E-state index in [0.29, 0.717) is 0 Å². The highest BCUT2D eigenvalue weighted by Gasteiger charge is 2.27. The standard InChI is InChI=1S/C19H27NSi/c1-13-9-15(3)17(10-14(13)2)18-11-16(4)19(12-20(18)5)21(6,7)8/h9-12H,5H2,1-4,6-8H3. The van der Waals surface area contributed by atoms with Crippen LogP contribution in [0, 0.1) is 26.8 Å². The average Bonchev–Trinajstić information content (AvgIpc) is 2.35. The highest BCUT2D eigenvalue weighted by Crippen LogP contribution is 2.33. The molecule has 0 N–H and O–H groups in total. The van der Waals surface area contributed by atoms with Crippen molar-refractivity contribution in [3.8, 4) is 0 Å². The molecule has 2 heteroatoms. The Hall–Kier alpha value is -1.54. The van der Waals surface area contributed by atoms with E-state index < -0.39 is 8.07 Å². The van der Waals surface area contributed by atoms with Crippen molar-refractivity contribution in [2.75, 3.05) is 0 Å². The van der Waals surface area contributed by atoms with Crippen LogP contribution in [0.2, 0.25) is 19.6 Å². The number of aryl methyl sites for hydroxylation is 3. The highest BCUT2D eigenvalue weighted by molar-refractivity contribution is 6.84. The number of hydrogen-bond donors (Lipinski definition) is 0. The summed E-state index contributed by atoms with van der Waals surface area (Å²) in [5.74, 6) is 0. The van der Waals surface area contributed by atoms with Crippen LogP contribution >= 0.6 is 0 Å². The summed E-state index contributed by atoms with van der Waals surface area (Å²) in [5, 5.41) is 1.49. The van der Waals surface area contributed by atoms with Crippen molar-refractivity contribution < 1.29 is 4.58 Å². The SMILES string of the molecule is C=[N+]1C=C([Si](C)(C)C)C(C)=C[C-]1c1cc(C)c(C)cc1C. The van der Waals surface area contributed by atoms with E-state index in [1.54, 1.807) is 0 Å². The van der Waals surface area contributed by atoms with Crippen molar-refractivity contribution in [2.45, 2.75) is 47.3 Å². The minimum atomic E-state index is -1.33. The van der Waals surface area contributed by atoms with Crippen LogP contribution < -0.4 is 0 Å². The fourth-order valence-corrected chi connectivity index (χ4v) is 4.75. The highest BCUT2D eigenvalue weighted by atomic mass is 28.3. The fourth-order valence-electron chi connectivity index (χ4n) is 2.95. The Morgan fingerprint density at radius 3 is 2.10 bits per heavy atom. The molecule has 1 aromatic rings. The molecule has 0 spiro atoms. The molecule has 1 aromatic carbocycles. The molecule has 112 valence electrons. The first-order chi connectivity index (χ1) is 9.61. The summed E-state index contributed by atoms with van der Waals surface area (Å²) in [4.78, 5) is 0. The molecule has 2 rings (SSSR count). The van der Waals surface area contributed by atoms with Crippen LogP contribution in [0.25, 0.3) is 0 Å². The van der Waals surface area contributed by atoms with Gasteiger partial charge in [-0.25, -0.2) is 0 Å². The summed E-state index contributed by atoms with van der Waals surface area (Å²) in [6.07, 6.45) is 4.54. The van der Waals surface area contributed by atoms with Gasteiger partial charge in [0, 0.05) is 0 Å². The lowest BCUT2D eigenvalue weighted by atomic mass is 9.93. The molecule has 1 heterocycles. The van der Waals surface area contributed by atoms with E-state index in [1.165, 1.54) is 39.1 Å². The Kier molecular flexibility index (Phi) is 4.03. The number of hydrogen-bond acceptors (Lipinski definition) is 0. The Morgan fingerprint density at radius 1 is 0.952 bits per heavy atom. The lowest BCUT2D eigenvalue weighted by Crippen LogP contribution is -2.30. The van der Waals surface area contributed by atoms with Gasteiger partial charge in [0.25, 0.3) is 0 Å². The Morgan fingerprint density at radius 2 is 1.52 bits per heavy atom. The summed E-state index contributed by atoms with van der Waals surface area (Å²) in [6, 6.07) is 5.76. The van der Waals surface area contributed by atoms with Gasteiger partial charge in [-0.2, -0.15) is 0 Å². The first-order valence-electron chi connectivity index (χ1n) is 7.57. The molecule has 0 unspecified atom stereocenters. The maximum Gasteiger partial charge on any atom is 0.147 e. The van der Waals surface area contributed by atoms with Gasteiger partial charge in [0.05, 0.1) is 14.8 Å². The first-order valence-corrected chi connectivity index (χ1v) is 11.1. The second-order valence-corrected chi connectivity index (χ2v) is 12.3. The van der Waals surface area contributed by atoms with Gasteiger partial charge < -0.3 is 0 Å². The van der Waals surface area contributed by atoms with E-state index in [9.17, 15) is 0 Å². The second kappa shape index (κ2) is 5.34. The molecule has 1 nitrogen and oxygen atoms in total. The second-order valence-electron chi connectivity index (χ2n) is 7.23. The largest absolute Gasteiger partial charge is 0.255 e. The maximum atomic E-state index is 4.24. The zero-order valence-electron chi connectivity index (χ0n) is 14.5. The minimum absolute atomic E-state index is 1.20. The van der Waals surface area contributed by atoms with Gasteiger partial charge in [-0.3, -0.25) is 4.58 Å². The molecule has 1 aliphatic rings. The van der Waals surface area contributed by atoms with Crippen LogP contribution in [0.3, 0.4) is 0 Å². The molecule has 0 saturated carbocycles. The predicted octanol–water partition coefficient (Wildman–Crippen LogP) is 4.93. The Labute approximate surface area is 130 Å². The average molecular weight is 298 g/mol. The molecule has 0 aliphatic carbocycles. The quantitative estimate of drug-likeness (QED) is 0.414. The van der Waals surface area contributed by atoms with Crippen LogP contribution in [-0.2, 0) is 0 Å². The third kappa shape index (κ3) is 3.05. The summed E-state index contributed by atoms with van der Waals surface area (Å²) in [7, 11) is -1.33. The topological polar surface area (TPSA) is 3.01 Å². The molecule has 0 atom stereocenters. The molecule has 0 fully saturated rings. The third-order valence-corrected chi connectivity index (χ3v) is 6.44. The maximum absolute atomic E-state index is 4.24.